The number of nitrogens with zero attached hydrogens (tertiary/aromatic N) is 1. The first kappa shape index (κ1) is 21.2. The van der Waals surface area contributed by atoms with Crippen LogP contribution in [-0.4, -0.2) is 36.5 Å². The number of hydrogen-bond donors (Lipinski definition) is 1. The van der Waals surface area contributed by atoms with Crippen LogP contribution in [0.2, 0.25) is 0 Å². The van der Waals surface area contributed by atoms with Crippen molar-refractivity contribution in [3.63, 3.8) is 0 Å². The van der Waals surface area contributed by atoms with Gasteiger partial charge < -0.3 is 10.2 Å². The predicted octanol–water partition coefficient (Wildman–Crippen LogP) is 4.76. The number of nitrogens with one attached hydrogen (secondary N) is 1. The zero-order chi connectivity index (χ0) is 17.5. The second-order valence-electron chi connectivity index (χ2n) is 7.90. The molecule has 3 rings (SSSR count). The Morgan fingerprint density at radius 3 is 2.31 bits per heavy atom. The Labute approximate surface area is 165 Å². The SMILES string of the molecule is CCCN(C(=O)CC1CCC(c2ccccc2)CC1)C1CCNCC1.Cl. The Morgan fingerprint density at radius 2 is 1.69 bits per heavy atom. The van der Waals surface area contributed by atoms with Gasteiger partial charge in [0.2, 0.25) is 5.91 Å². The maximum atomic E-state index is 13.0. The molecule has 4 heteroatoms. The monoisotopic (exact) mass is 378 g/mol. The fourth-order valence-corrected chi connectivity index (χ4v) is 4.66. The molecular formula is C22H35ClN2O. The average Bonchev–Trinajstić information content (AvgIpc) is 2.68. The largest absolute Gasteiger partial charge is 0.340 e. The Kier molecular flexibility index (Phi) is 8.94. The van der Waals surface area contributed by atoms with E-state index in [1.54, 1.807) is 0 Å². The van der Waals surface area contributed by atoms with Gasteiger partial charge >= 0.3 is 0 Å². The molecule has 0 radical (unpaired) electrons. The lowest BCUT2D eigenvalue weighted by Gasteiger charge is -2.36. The number of rotatable bonds is 6. The number of piperidine rings is 1. The van der Waals surface area contributed by atoms with Crippen LogP contribution in [0.1, 0.15) is 69.8 Å². The number of benzene rings is 1. The zero-order valence-electron chi connectivity index (χ0n) is 16.2. The Hall–Kier alpha value is -1.06. The summed E-state index contributed by atoms with van der Waals surface area (Å²) in [5, 5.41) is 3.41. The molecule has 0 bridgehead atoms. The van der Waals surface area contributed by atoms with Gasteiger partial charge in [-0.25, -0.2) is 0 Å². The van der Waals surface area contributed by atoms with Crippen LogP contribution < -0.4 is 5.32 Å². The summed E-state index contributed by atoms with van der Waals surface area (Å²) in [5.74, 6) is 1.70. The number of halogens is 1. The molecular weight excluding hydrogens is 344 g/mol. The minimum Gasteiger partial charge on any atom is -0.340 e. The van der Waals surface area contributed by atoms with E-state index in [1.165, 1.54) is 31.2 Å². The third-order valence-electron chi connectivity index (χ3n) is 6.12. The van der Waals surface area contributed by atoms with Crippen molar-refractivity contribution in [1.82, 2.24) is 10.2 Å². The van der Waals surface area contributed by atoms with Crippen LogP contribution in [0, 0.1) is 5.92 Å². The second-order valence-corrected chi connectivity index (χ2v) is 7.90. The van der Waals surface area contributed by atoms with E-state index in [9.17, 15) is 4.79 Å². The molecule has 2 fully saturated rings. The fraction of sp³-hybridized carbons (Fsp3) is 0.682. The minimum atomic E-state index is 0. The molecule has 1 saturated heterocycles. The zero-order valence-corrected chi connectivity index (χ0v) is 17.0. The maximum absolute atomic E-state index is 13.0. The van der Waals surface area contributed by atoms with Gasteiger partial charge in [-0.15, -0.1) is 12.4 Å². The standard InChI is InChI=1S/C22H34N2O.ClH/c1-2-16-24(21-12-14-23-15-13-21)22(25)17-18-8-10-20(11-9-18)19-6-4-3-5-7-19;/h3-7,18,20-21,23H,2,8-17H2,1H3;1H. The highest BCUT2D eigenvalue weighted by Crippen LogP contribution is 2.37. The lowest BCUT2D eigenvalue weighted by molar-refractivity contribution is -0.135. The van der Waals surface area contributed by atoms with Gasteiger partial charge in [0, 0.05) is 19.0 Å². The van der Waals surface area contributed by atoms with Crippen molar-refractivity contribution in [3.05, 3.63) is 35.9 Å². The van der Waals surface area contributed by atoms with Crippen molar-refractivity contribution in [2.45, 2.75) is 70.3 Å². The fourth-order valence-electron chi connectivity index (χ4n) is 4.66. The molecule has 1 N–H and O–H groups in total. The lowest BCUT2D eigenvalue weighted by atomic mass is 9.77. The molecule has 1 aromatic carbocycles. The van der Waals surface area contributed by atoms with Gasteiger partial charge in [-0.1, -0.05) is 37.3 Å². The molecule has 1 saturated carbocycles. The second kappa shape index (κ2) is 10.9. The van der Waals surface area contributed by atoms with E-state index in [4.69, 9.17) is 0 Å². The van der Waals surface area contributed by atoms with Gasteiger partial charge in [0.25, 0.3) is 0 Å². The summed E-state index contributed by atoms with van der Waals surface area (Å²) in [6.07, 6.45) is 8.96. The molecule has 3 nitrogen and oxygen atoms in total. The van der Waals surface area contributed by atoms with E-state index < -0.39 is 0 Å². The van der Waals surface area contributed by atoms with E-state index in [0.717, 1.165) is 45.3 Å². The van der Waals surface area contributed by atoms with Gasteiger partial charge in [-0.2, -0.15) is 0 Å². The van der Waals surface area contributed by atoms with E-state index in [0.29, 0.717) is 23.8 Å². The summed E-state index contributed by atoms with van der Waals surface area (Å²) in [4.78, 5) is 15.2. The Morgan fingerprint density at radius 1 is 1.04 bits per heavy atom. The van der Waals surface area contributed by atoms with Crippen molar-refractivity contribution in [3.8, 4) is 0 Å². The van der Waals surface area contributed by atoms with E-state index in [1.807, 2.05) is 0 Å². The molecule has 1 aliphatic heterocycles. The molecule has 2 aliphatic rings. The third kappa shape index (κ3) is 5.72. The van der Waals surface area contributed by atoms with Crippen molar-refractivity contribution in [2.24, 2.45) is 5.92 Å². The minimum absolute atomic E-state index is 0. The molecule has 1 amide bonds. The molecule has 0 aromatic heterocycles. The van der Waals surface area contributed by atoms with Gasteiger partial charge in [0.15, 0.2) is 0 Å². The summed E-state index contributed by atoms with van der Waals surface area (Å²) in [6.45, 7) is 5.23. The molecule has 1 heterocycles. The molecule has 0 spiro atoms. The van der Waals surface area contributed by atoms with Crippen LogP contribution >= 0.6 is 12.4 Å². The highest BCUT2D eigenvalue weighted by molar-refractivity contribution is 5.85. The van der Waals surface area contributed by atoms with Gasteiger partial charge in [0.1, 0.15) is 0 Å². The molecule has 146 valence electrons. The summed E-state index contributed by atoms with van der Waals surface area (Å²) < 4.78 is 0. The van der Waals surface area contributed by atoms with Crippen molar-refractivity contribution < 1.29 is 4.79 Å². The van der Waals surface area contributed by atoms with Gasteiger partial charge in [-0.3, -0.25) is 4.79 Å². The van der Waals surface area contributed by atoms with Gasteiger partial charge in [0.05, 0.1) is 0 Å². The highest BCUT2D eigenvalue weighted by Gasteiger charge is 2.29. The maximum Gasteiger partial charge on any atom is 0.223 e. The van der Waals surface area contributed by atoms with Crippen LogP contribution in [0.5, 0.6) is 0 Å². The summed E-state index contributed by atoms with van der Waals surface area (Å²) in [5.41, 5.74) is 1.48. The number of carbonyl (C=O) groups is 1. The van der Waals surface area contributed by atoms with Crippen LogP contribution in [0.4, 0.5) is 0 Å². The first-order valence-electron chi connectivity index (χ1n) is 10.3. The topological polar surface area (TPSA) is 32.3 Å². The number of amides is 1. The van der Waals surface area contributed by atoms with Crippen LogP contribution in [-0.2, 0) is 4.79 Å². The van der Waals surface area contributed by atoms with Crippen molar-refractivity contribution in [1.29, 1.82) is 0 Å². The number of hydrogen-bond acceptors (Lipinski definition) is 2. The Bertz CT molecular complexity index is 522. The van der Waals surface area contributed by atoms with Crippen molar-refractivity contribution in [2.75, 3.05) is 19.6 Å². The van der Waals surface area contributed by atoms with E-state index >= 15 is 0 Å². The third-order valence-corrected chi connectivity index (χ3v) is 6.12. The van der Waals surface area contributed by atoms with Crippen LogP contribution in [0.15, 0.2) is 30.3 Å². The van der Waals surface area contributed by atoms with Crippen molar-refractivity contribution >= 4 is 18.3 Å². The summed E-state index contributed by atoms with van der Waals surface area (Å²) >= 11 is 0. The molecule has 0 atom stereocenters. The highest BCUT2D eigenvalue weighted by atomic mass is 35.5. The molecule has 1 aromatic rings. The summed E-state index contributed by atoms with van der Waals surface area (Å²) in [7, 11) is 0. The quantitative estimate of drug-likeness (QED) is 0.773. The number of carbonyl (C=O) groups excluding carboxylic acids is 1. The smallest absolute Gasteiger partial charge is 0.223 e. The van der Waals surface area contributed by atoms with Crippen LogP contribution in [0.25, 0.3) is 0 Å². The first-order valence-corrected chi connectivity index (χ1v) is 10.3. The molecule has 26 heavy (non-hydrogen) atoms. The molecule has 1 aliphatic carbocycles. The van der Waals surface area contributed by atoms with E-state index in [2.05, 4.69) is 47.5 Å². The van der Waals surface area contributed by atoms with E-state index in [-0.39, 0.29) is 12.4 Å². The normalized spacial score (nSPS) is 23.9. The molecule has 0 unspecified atom stereocenters. The van der Waals surface area contributed by atoms with Gasteiger partial charge in [-0.05, 0) is 75.4 Å². The van der Waals surface area contributed by atoms with Crippen LogP contribution in [0.3, 0.4) is 0 Å². The predicted molar refractivity (Wildman–Crippen MR) is 111 cm³/mol. The average molecular weight is 379 g/mol. The first-order chi connectivity index (χ1) is 12.3. The lowest BCUT2D eigenvalue weighted by Crippen LogP contribution is -2.47. The summed E-state index contributed by atoms with van der Waals surface area (Å²) in [6, 6.07) is 11.4. The Balaban J connectivity index is 0.00000243.